The van der Waals surface area contributed by atoms with E-state index < -0.39 is 27.8 Å². The van der Waals surface area contributed by atoms with Crippen molar-refractivity contribution in [3.05, 3.63) is 12.2 Å². The molecular formula is C8H14O5S. The molecule has 0 aromatic heterocycles. The number of ether oxygens (including phenoxy) is 1. The first-order valence-electron chi connectivity index (χ1n) is 4.09. The first kappa shape index (κ1) is 13.1. The number of carbonyl (C=O) groups excluding carboxylic acids is 1. The van der Waals surface area contributed by atoms with Gasteiger partial charge in [0, 0.05) is 12.0 Å². The lowest BCUT2D eigenvalue weighted by molar-refractivity contribution is -0.138. The van der Waals surface area contributed by atoms with Gasteiger partial charge in [-0.25, -0.2) is 4.79 Å². The normalized spacial score (nSPS) is 14.2. The first-order chi connectivity index (χ1) is 6.35. The van der Waals surface area contributed by atoms with Crippen LogP contribution in [0.4, 0.5) is 0 Å². The van der Waals surface area contributed by atoms with Crippen molar-refractivity contribution in [2.75, 3.05) is 12.4 Å². The lowest BCUT2D eigenvalue weighted by Crippen LogP contribution is -2.18. The predicted octanol–water partition coefficient (Wildman–Crippen LogP) is 0.630. The first-order valence-corrected chi connectivity index (χ1v) is 5.70. The van der Waals surface area contributed by atoms with Gasteiger partial charge < -0.3 is 4.74 Å². The largest absolute Gasteiger partial charge is 0.462 e. The SMILES string of the molecule is CC=CC(=O)OCC(C)CS(=O)(=O)O. The van der Waals surface area contributed by atoms with E-state index in [1.54, 1.807) is 13.8 Å². The summed E-state index contributed by atoms with van der Waals surface area (Å²) in [5.74, 6) is -1.34. The molecular weight excluding hydrogens is 208 g/mol. The second-order valence-corrected chi connectivity index (χ2v) is 4.48. The van der Waals surface area contributed by atoms with Crippen molar-refractivity contribution in [3.8, 4) is 0 Å². The average Bonchev–Trinajstić information content (AvgIpc) is 1.98. The van der Waals surface area contributed by atoms with E-state index >= 15 is 0 Å². The van der Waals surface area contributed by atoms with Gasteiger partial charge in [0.05, 0.1) is 12.4 Å². The van der Waals surface area contributed by atoms with Crippen LogP contribution in [0, 0.1) is 5.92 Å². The van der Waals surface area contributed by atoms with Crippen LogP contribution in [0.1, 0.15) is 13.8 Å². The second-order valence-electron chi connectivity index (χ2n) is 2.98. The number of esters is 1. The summed E-state index contributed by atoms with van der Waals surface area (Å²) in [6.45, 7) is 3.21. The van der Waals surface area contributed by atoms with E-state index in [1.165, 1.54) is 12.2 Å². The Morgan fingerprint density at radius 3 is 2.57 bits per heavy atom. The molecule has 1 atom stereocenters. The fourth-order valence-corrected chi connectivity index (χ4v) is 1.63. The van der Waals surface area contributed by atoms with Crippen molar-refractivity contribution in [3.63, 3.8) is 0 Å². The van der Waals surface area contributed by atoms with Crippen LogP contribution in [0.2, 0.25) is 0 Å². The minimum Gasteiger partial charge on any atom is -0.462 e. The molecule has 0 fully saturated rings. The highest BCUT2D eigenvalue weighted by molar-refractivity contribution is 7.85. The molecule has 82 valence electrons. The molecule has 14 heavy (non-hydrogen) atoms. The van der Waals surface area contributed by atoms with E-state index in [-0.39, 0.29) is 6.61 Å². The predicted molar refractivity (Wildman–Crippen MR) is 51.4 cm³/mol. The van der Waals surface area contributed by atoms with Gasteiger partial charge in [-0.1, -0.05) is 13.0 Å². The molecule has 0 aliphatic rings. The molecule has 0 aromatic rings. The Morgan fingerprint density at radius 1 is 1.57 bits per heavy atom. The number of allylic oxidation sites excluding steroid dienone is 1. The Labute approximate surface area is 83.5 Å². The molecule has 0 amide bonds. The molecule has 0 saturated heterocycles. The molecule has 6 heteroatoms. The van der Waals surface area contributed by atoms with Crippen LogP contribution in [0.25, 0.3) is 0 Å². The Bertz CT molecular complexity index is 304. The van der Waals surface area contributed by atoms with Crippen molar-refractivity contribution >= 4 is 16.1 Å². The fourth-order valence-electron chi connectivity index (χ4n) is 0.816. The summed E-state index contributed by atoms with van der Waals surface area (Å²) in [6.07, 6.45) is 2.76. The van der Waals surface area contributed by atoms with Gasteiger partial charge in [-0.3, -0.25) is 4.55 Å². The monoisotopic (exact) mass is 222 g/mol. The number of rotatable bonds is 5. The van der Waals surface area contributed by atoms with Crippen molar-refractivity contribution < 1.29 is 22.5 Å². The topological polar surface area (TPSA) is 80.7 Å². The van der Waals surface area contributed by atoms with E-state index in [4.69, 9.17) is 4.55 Å². The highest BCUT2D eigenvalue weighted by Gasteiger charge is 2.13. The van der Waals surface area contributed by atoms with Crippen molar-refractivity contribution in [1.29, 1.82) is 0 Å². The van der Waals surface area contributed by atoms with Crippen molar-refractivity contribution in [1.82, 2.24) is 0 Å². The molecule has 0 aromatic carbocycles. The van der Waals surface area contributed by atoms with Gasteiger partial charge in [0.1, 0.15) is 0 Å². The van der Waals surface area contributed by atoms with Gasteiger partial charge >= 0.3 is 5.97 Å². The molecule has 0 bridgehead atoms. The summed E-state index contributed by atoms with van der Waals surface area (Å²) < 4.78 is 34.0. The quantitative estimate of drug-likeness (QED) is 0.419. The maximum absolute atomic E-state index is 10.8. The van der Waals surface area contributed by atoms with E-state index in [2.05, 4.69) is 4.74 Å². The van der Waals surface area contributed by atoms with Crippen LogP contribution in [-0.4, -0.2) is 31.3 Å². The van der Waals surface area contributed by atoms with Crippen molar-refractivity contribution in [2.24, 2.45) is 5.92 Å². The Balaban J connectivity index is 3.86. The summed E-state index contributed by atoms with van der Waals surface area (Å²) in [5, 5.41) is 0. The zero-order valence-corrected chi connectivity index (χ0v) is 8.95. The lowest BCUT2D eigenvalue weighted by atomic mass is 10.2. The molecule has 0 aliphatic heterocycles. The molecule has 1 unspecified atom stereocenters. The number of hydrogen-bond acceptors (Lipinski definition) is 4. The molecule has 0 radical (unpaired) electrons. The van der Waals surface area contributed by atoms with Crippen molar-refractivity contribution in [2.45, 2.75) is 13.8 Å². The average molecular weight is 222 g/mol. The molecule has 0 heterocycles. The molecule has 0 aliphatic carbocycles. The third-order valence-corrected chi connectivity index (χ3v) is 2.30. The highest BCUT2D eigenvalue weighted by atomic mass is 32.2. The standard InChI is InChI=1S/C8H14O5S/c1-3-4-8(9)13-5-7(2)6-14(10,11)12/h3-4,7H,5-6H2,1-2H3,(H,10,11,12). The van der Waals surface area contributed by atoms with Gasteiger partial charge in [0.2, 0.25) is 0 Å². The fraction of sp³-hybridized carbons (Fsp3) is 0.625. The molecule has 1 N–H and O–H groups in total. The van der Waals surface area contributed by atoms with Crippen LogP contribution >= 0.6 is 0 Å². The van der Waals surface area contributed by atoms with Gasteiger partial charge in [-0.05, 0) is 6.92 Å². The van der Waals surface area contributed by atoms with Gasteiger partial charge in [0.25, 0.3) is 10.1 Å². The van der Waals surface area contributed by atoms with Crippen LogP contribution in [-0.2, 0) is 19.6 Å². The second kappa shape index (κ2) is 5.77. The minimum absolute atomic E-state index is 0.0248. The van der Waals surface area contributed by atoms with Gasteiger partial charge in [0.15, 0.2) is 0 Å². The highest BCUT2D eigenvalue weighted by Crippen LogP contribution is 2.00. The Hall–Kier alpha value is -0.880. The summed E-state index contributed by atoms with van der Waals surface area (Å²) in [4.78, 5) is 10.8. The number of carbonyl (C=O) groups is 1. The summed E-state index contributed by atoms with van der Waals surface area (Å²) in [5.41, 5.74) is 0. The van der Waals surface area contributed by atoms with E-state index in [1.807, 2.05) is 0 Å². The summed E-state index contributed by atoms with van der Waals surface area (Å²) in [7, 11) is -3.99. The maximum atomic E-state index is 10.8. The zero-order chi connectivity index (χ0) is 11.2. The summed E-state index contributed by atoms with van der Waals surface area (Å²) in [6, 6.07) is 0. The van der Waals surface area contributed by atoms with Crippen LogP contribution in [0.15, 0.2) is 12.2 Å². The van der Waals surface area contributed by atoms with Crippen LogP contribution in [0.5, 0.6) is 0 Å². The van der Waals surface area contributed by atoms with E-state index in [0.717, 1.165) is 0 Å². The molecule has 0 spiro atoms. The molecule has 5 nitrogen and oxygen atoms in total. The third kappa shape index (κ3) is 7.75. The van der Waals surface area contributed by atoms with E-state index in [0.29, 0.717) is 0 Å². The van der Waals surface area contributed by atoms with E-state index in [9.17, 15) is 13.2 Å². The maximum Gasteiger partial charge on any atom is 0.330 e. The molecule has 0 saturated carbocycles. The minimum atomic E-state index is -3.99. The molecule has 0 rings (SSSR count). The Morgan fingerprint density at radius 2 is 2.14 bits per heavy atom. The smallest absolute Gasteiger partial charge is 0.330 e. The third-order valence-electron chi connectivity index (χ3n) is 1.31. The Kier molecular flexibility index (Phi) is 5.40. The zero-order valence-electron chi connectivity index (χ0n) is 8.13. The summed E-state index contributed by atoms with van der Waals surface area (Å²) >= 11 is 0. The van der Waals surface area contributed by atoms with Gasteiger partial charge in [-0.2, -0.15) is 8.42 Å². The van der Waals surface area contributed by atoms with Gasteiger partial charge in [-0.15, -0.1) is 0 Å². The number of hydrogen-bond donors (Lipinski definition) is 1. The lowest BCUT2D eigenvalue weighted by Gasteiger charge is -2.08. The van der Waals surface area contributed by atoms with Crippen LogP contribution in [0.3, 0.4) is 0 Å². The van der Waals surface area contributed by atoms with Crippen LogP contribution < -0.4 is 0 Å².